The number of rotatable bonds is 12. The minimum atomic E-state index is 0.112. The average Bonchev–Trinajstić information content (AvgIpc) is 2.57. The highest BCUT2D eigenvalue weighted by Gasteiger charge is 2.05. The Hall–Kier alpha value is -1.80. The van der Waals surface area contributed by atoms with Crippen molar-refractivity contribution in [3.8, 4) is 5.75 Å². The maximum atomic E-state index is 10.3. The number of hydrogen-bond donors (Lipinski definition) is 5. The first-order valence-electron chi connectivity index (χ1n) is 8.15. The van der Waals surface area contributed by atoms with E-state index in [9.17, 15) is 5.11 Å². The molecule has 134 valence electrons. The summed E-state index contributed by atoms with van der Waals surface area (Å²) in [4.78, 5) is 8.56. The van der Waals surface area contributed by atoms with E-state index in [1.165, 1.54) is 0 Å². The molecule has 0 amide bonds. The van der Waals surface area contributed by atoms with Gasteiger partial charge in [-0.25, -0.2) is 0 Å². The summed E-state index contributed by atoms with van der Waals surface area (Å²) < 4.78 is 0. The first kappa shape index (κ1) is 20.2. The highest BCUT2D eigenvalue weighted by atomic mass is 16.3. The summed E-state index contributed by atoms with van der Waals surface area (Å²) in [5.74, 6) is 0.166. The molecule has 0 atom stereocenters. The molecule has 0 heterocycles. The third-order valence-electron chi connectivity index (χ3n) is 3.19. The Morgan fingerprint density at radius 1 is 0.875 bits per heavy atom. The summed E-state index contributed by atoms with van der Waals surface area (Å²) >= 11 is 0. The Labute approximate surface area is 143 Å². The quantitative estimate of drug-likeness (QED) is 0.266. The van der Waals surface area contributed by atoms with Crippen LogP contribution in [-0.2, 0) is 0 Å². The van der Waals surface area contributed by atoms with Crippen molar-refractivity contribution in [1.82, 2.24) is 10.6 Å². The molecule has 7 nitrogen and oxygen atoms in total. The molecular weight excluding hydrogens is 308 g/mol. The van der Waals surface area contributed by atoms with Crippen LogP contribution >= 0.6 is 0 Å². The lowest BCUT2D eigenvalue weighted by Crippen LogP contribution is -2.21. The van der Waals surface area contributed by atoms with Crippen molar-refractivity contribution in [2.45, 2.75) is 6.92 Å². The number of aromatic hydroxyl groups is 1. The van der Waals surface area contributed by atoms with E-state index < -0.39 is 0 Å². The number of phenolic OH excluding ortho intramolecular Hbond substituents is 1. The van der Waals surface area contributed by atoms with Crippen LogP contribution in [0.15, 0.2) is 22.1 Å². The summed E-state index contributed by atoms with van der Waals surface area (Å²) in [5, 5.41) is 33.7. The molecule has 7 heteroatoms. The summed E-state index contributed by atoms with van der Waals surface area (Å²) in [7, 11) is 0. The van der Waals surface area contributed by atoms with Crippen LogP contribution in [0.1, 0.15) is 16.7 Å². The maximum Gasteiger partial charge on any atom is 0.133 e. The standard InChI is InChI=1S/C17H28N4O3/c1-14-10-15(12-20-4-2-18-6-8-22)17(24)16(11-14)13-21-5-3-19-7-9-23/h10-13,18-19,22-24H,2-9H2,1H3. The molecule has 1 aromatic carbocycles. The zero-order valence-corrected chi connectivity index (χ0v) is 14.2. The Balaban J connectivity index is 2.59. The third kappa shape index (κ3) is 8.16. The molecular formula is C17H28N4O3. The lowest BCUT2D eigenvalue weighted by atomic mass is 10.1. The minimum Gasteiger partial charge on any atom is -0.507 e. The van der Waals surface area contributed by atoms with Crippen molar-refractivity contribution in [3.05, 3.63) is 28.8 Å². The number of aliphatic imine (C=N–C) groups is 2. The van der Waals surface area contributed by atoms with Crippen molar-refractivity contribution in [2.24, 2.45) is 9.98 Å². The van der Waals surface area contributed by atoms with Gasteiger partial charge in [0.15, 0.2) is 0 Å². The normalized spacial score (nSPS) is 11.8. The molecule has 0 bridgehead atoms. The first-order valence-corrected chi connectivity index (χ1v) is 8.15. The van der Waals surface area contributed by atoms with E-state index in [1.807, 2.05) is 19.1 Å². The Kier molecular flexibility index (Phi) is 10.6. The molecule has 0 unspecified atom stereocenters. The fourth-order valence-electron chi connectivity index (χ4n) is 2.05. The fourth-order valence-corrected chi connectivity index (χ4v) is 2.05. The monoisotopic (exact) mass is 336 g/mol. The molecule has 0 aliphatic rings. The molecule has 0 aliphatic heterocycles. The summed E-state index contributed by atoms with van der Waals surface area (Å²) in [5.41, 5.74) is 2.35. The van der Waals surface area contributed by atoms with Crippen LogP contribution in [0.2, 0.25) is 0 Å². The number of aliphatic hydroxyl groups excluding tert-OH is 2. The second-order valence-corrected chi connectivity index (χ2v) is 5.31. The van der Waals surface area contributed by atoms with Crippen LogP contribution in [0.5, 0.6) is 5.75 Å². The number of nitrogens with zero attached hydrogens (tertiary/aromatic N) is 2. The molecule has 0 saturated heterocycles. The van der Waals surface area contributed by atoms with E-state index in [-0.39, 0.29) is 19.0 Å². The van der Waals surface area contributed by atoms with Gasteiger partial charge < -0.3 is 26.0 Å². The fraction of sp³-hybridized carbons (Fsp3) is 0.529. The van der Waals surface area contributed by atoms with E-state index in [1.54, 1.807) is 12.4 Å². The predicted octanol–water partition coefficient (Wildman–Crippen LogP) is -0.298. The highest BCUT2D eigenvalue weighted by Crippen LogP contribution is 2.21. The van der Waals surface area contributed by atoms with Gasteiger partial charge >= 0.3 is 0 Å². The van der Waals surface area contributed by atoms with Crippen molar-refractivity contribution in [2.75, 3.05) is 52.5 Å². The molecule has 0 aromatic heterocycles. The van der Waals surface area contributed by atoms with Crippen molar-refractivity contribution < 1.29 is 15.3 Å². The number of phenols is 1. The van der Waals surface area contributed by atoms with Crippen molar-refractivity contribution in [1.29, 1.82) is 0 Å². The van der Waals surface area contributed by atoms with Crippen LogP contribution in [0, 0.1) is 6.92 Å². The Morgan fingerprint density at radius 2 is 1.33 bits per heavy atom. The van der Waals surface area contributed by atoms with Gasteiger partial charge in [-0.05, 0) is 24.6 Å². The highest BCUT2D eigenvalue weighted by molar-refractivity contribution is 5.92. The molecule has 0 aliphatic carbocycles. The van der Waals surface area contributed by atoms with Crippen LogP contribution in [0.25, 0.3) is 0 Å². The Morgan fingerprint density at radius 3 is 1.75 bits per heavy atom. The van der Waals surface area contributed by atoms with Crippen LogP contribution in [0.4, 0.5) is 0 Å². The Bertz CT molecular complexity index is 490. The van der Waals surface area contributed by atoms with Gasteiger partial charge in [0.2, 0.25) is 0 Å². The second-order valence-electron chi connectivity index (χ2n) is 5.31. The van der Waals surface area contributed by atoms with Crippen LogP contribution in [0.3, 0.4) is 0 Å². The zero-order valence-electron chi connectivity index (χ0n) is 14.2. The van der Waals surface area contributed by atoms with E-state index in [0.29, 0.717) is 50.4 Å². The lowest BCUT2D eigenvalue weighted by molar-refractivity contribution is 0.293. The third-order valence-corrected chi connectivity index (χ3v) is 3.19. The van der Waals surface area contributed by atoms with Gasteiger partial charge in [0.25, 0.3) is 0 Å². The van der Waals surface area contributed by atoms with Crippen LogP contribution in [-0.4, -0.2) is 80.2 Å². The minimum absolute atomic E-state index is 0.112. The largest absolute Gasteiger partial charge is 0.507 e. The van der Waals surface area contributed by atoms with Gasteiger partial charge in [-0.3, -0.25) is 9.98 Å². The summed E-state index contributed by atoms with van der Waals surface area (Å²) in [6.45, 7) is 5.80. The molecule has 0 fully saturated rings. The molecule has 24 heavy (non-hydrogen) atoms. The number of aliphatic hydroxyl groups is 2. The van der Waals surface area contributed by atoms with Crippen molar-refractivity contribution >= 4 is 12.4 Å². The smallest absolute Gasteiger partial charge is 0.133 e. The second kappa shape index (κ2) is 12.6. The van der Waals surface area contributed by atoms with E-state index >= 15 is 0 Å². The number of hydrogen-bond acceptors (Lipinski definition) is 7. The van der Waals surface area contributed by atoms with Crippen LogP contribution < -0.4 is 10.6 Å². The average molecular weight is 336 g/mol. The molecule has 0 radical (unpaired) electrons. The maximum absolute atomic E-state index is 10.3. The SMILES string of the molecule is Cc1cc(C=NCCNCCO)c(O)c(C=NCCNCCO)c1. The molecule has 5 N–H and O–H groups in total. The zero-order chi connectivity index (χ0) is 17.6. The summed E-state index contributed by atoms with van der Waals surface area (Å²) in [6, 6.07) is 3.75. The topological polar surface area (TPSA) is 109 Å². The van der Waals surface area contributed by atoms with Gasteiger partial charge in [0.05, 0.1) is 26.3 Å². The van der Waals surface area contributed by atoms with E-state index in [0.717, 1.165) is 5.56 Å². The van der Waals surface area contributed by atoms with E-state index in [4.69, 9.17) is 10.2 Å². The van der Waals surface area contributed by atoms with Gasteiger partial charge in [-0.2, -0.15) is 0 Å². The number of benzene rings is 1. The number of nitrogens with one attached hydrogen (secondary N) is 2. The molecule has 0 spiro atoms. The van der Waals surface area contributed by atoms with E-state index in [2.05, 4.69) is 20.6 Å². The van der Waals surface area contributed by atoms with Gasteiger partial charge in [0.1, 0.15) is 5.75 Å². The van der Waals surface area contributed by atoms with Gasteiger partial charge in [-0.15, -0.1) is 0 Å². The number of aryl methyl sites for hydroxylation is 1. The van der Waals surface area contributed by atoms with Gasteiger partial charge in [-0.1, -0.05) is 0 Å². The van der Waals surface area contributed by atoms with Crippen molar-refractivity contribution in [3.63, 3.8) is 0 Å². The predicted molar refractivity (Wildman–Crippen MR) is 97.7 cm³/mol. The molecule has 0 saturated carbocycles. The lowest BCUT2D eigenvalue weighted by Gasteiger charge is -2.06. The molecule has 1 aromatic rings. The van der Waals surface area contributed by atoms with Gasteiger partial charge in [0, 0.05) is 49.7 Å². The summed E-state index contributed by atoms with van der Waals surface area (Å²) in [6.07, 6.45) is 3.31. The first-order chi connectivity index (χ1) is 11.7. The molecule has 1 rings (SSSR count).